The molecule has 28 heavy (non-hydrogen) atoms. The first kappa shape index (κ1) is 17.7. The maximum atomic E-state index is 10.8. The molecule has 0 spiro atoms. The summed E-state index contributed by atoms with van der Waals surface area (Å²) in [4.78, 5) is 15.1. The fourth-order valence-electron chi connectivity index (χ4n) is 3.35. The Bertz CT molecular complexity index is 1000. The van der Waals surface area contributed by atoms with Crippen LogP contribution in [-0.4, -0.2) is 17.4 Å². The number of nitro groups is 1. The van der Waals surface area contributed by atoms with Crippen molar-refractivity contribution in [2.75, 3.05) is 11.9 Å². The van der Waals surface area contributed by atoms with Crippen LogP contribution in [0.2, 0.25) is 0 Å². The van der Waals surface area contributed by atoms with Gasteiger partial charge in [-0.3, -0.25) is 15.1 Å². The molecule has 1 atom stereocenters. The minimum atomic E-state index is -0.394. The Balaban J connectivity index is 1.53. The predicted octanol–water partition coefficient (Wildman–Crippen LogP) is 4.30. The number of hydrogen-bond donors (Lipinski definition) is 2. The summed E-state index contributed by atoms with van der Waals surface area (Å²) in [6.45, 7) is 1.17. The minimum Gasteiger partial charge on any atom is -0.352 e. The molecule has 140 valence electrons. The fourth-order valence-corrected chi connectivity index (χ4v) is 3.35. The number of nitrogens with one attached hydrogen (secondary N) is 2. The number of anilines is 1. The highest BCUT2D eigenvalue weighted by atomic mass is 16.6. The molecule has 3 aromatic carbocycles. The first-order valence-electron chi connectivity index (χ1n) is 9.13. The molecule has 1 aliphatic heterocycles. The van der Waals surface area contributed by atoms with Gasteiger partial charge in [0.25, 0.3) is 5.69 Å². The molecule has 0 bridgehead atoms. The summed E-state index contributed by atoms with van der Waals surface area (Å²) >= 11 is 0. The Morgan fingerprint density at radius 3 is 2.46 bits per heavy atom. The second kappa shape index (κ2) is 7.92. The van der Waals surface area contributed by atoms with Crippen LogP contribution in [0.1, 0.15) is 22.6 Å². The quantitative estimate of drug-likeness (QED) is 0.529. The van der Waals surface area contributed by atoms with Crippen LogP contribution in [0, 0.1) is 10.1 Å². The van der Waals surface area contributed by atoms with Gasteiger partial charge in [0.15, 0.2) is 5.96 Å². The molecular weight excluding hydrogens is 352 g/mol. The summed E-state index contributed by atoms with van der Waals surface area (Å²) in [6, 6.07) is 25.2. The standard InChI is InChI=1S/C22H20N4O2/c27-26(28)18-12-10-16(11-13-18)14-23-22-24-15-20(17-6-2-1-3-7-17)19-8-4-5-9-21(19)25-22/h1-13,20H,14-15H2,(H2,23,24,25). The predicted molar refractivity (Wildman–Crippen MR) is 111 cm³/mol. The molecular formula is C22H20N4O2. The molecule has 1 unspecified atom stereocenters. The Morgan fingerprint density at radius 1 is 1.00 bits per heavy atom. The van der Waals surface area contributed by atoms with Gasteiger partial charge in [0.05, 0.1) is 11.5 Å². The Kier molecular flexibility index (Phi) is 5.01. The van der Waals surface area contributed by atoms with E-state index in [0.717, 1.165) is 11.3 Å². The SMILES string of the molecule is O=[N+]([O-])c1ccc(CNC2=NCC(c3ccccc3)c3ccccc3N2)cc1. The van der Waals surface area contributed by atoms with Gasteiger partial charge >= 0.3 is 0 Å². The highest BCUT2D eigenvalue weighted by Gasteiger charge is 2.21. The lowest BCUT2D eigenvalue weighted by molar-refractivity contribution is -0.384. The Labute approximate surface area is 163 Å². The number of para-hydroxylation sites is 1. The van der Waals surface area contributed by atoms with Crippen molar-refractivity contribution in [2.45, 2.75) is 12.5 Å². The largest absolute Gasteiger partial charge is 0.352 e. The molecule has 0 amide bonds. The van der Waals surface area contributed by atoms with Gasteiger partial charge < -0.3 is 10.6 Å². The monoisotopic (exact) mass is 372 g/mol. The summed E-state index contributed by atoms with van der Waals surface area (Å²) in [5.41, 5.74) is 4.52. The van der Waals surface area contributed by atoms with E-state index in [2.05, 4.69) is 34.9 Å². The topological polar surface area (TPSA) is 79.6 Å². The van der Waals surface area contributed by atoms with E-state index >= 15 is 0 Å². The van der Waals surface area contributed by atoms with E-state index in [1.807, 2.05) is 30.3 Å². The number of fused-ring (bicyclic) bond motifs is 1. The number of rotatable bonds is 4. The van der Waals surface area contributed by atoms with Crippen LogP contribution in [0.3, 0.4) is 0 Å². The zero-order valence-corrected chi connectivity index (χ0v) is 15.2. The van der Waals surface area contributed by atoms with Gasteiger partial charge in [0.1, 0.15) is 0 Å². The van der Waals surface area contributed by atoms with Crippen LogP contribution < -0.4 is 10.6 Å². The molecule has 3 aromatic rings. The number of hydrogen-bond acceptors (Lipinski definition) is 5. The van der Waals surface area contributed by atoms with Crippen LogP contribution in [-0.2, 0) is 6.54 Å². The summed E-state index contributed by atoms with van der Waals surface area (Å²) in [6.07, 6.45) is 0. The van der Waals surface area contributed by atoms with Gasteiger partial charge in [-0.25, -0.2) is 0 Å². The van der Waals surface area contributed by atoms with Crippen molar-refractivity contribution in [1.29, 1.82) is 0 Å². The van der Waals surface area contributed by atoms with E-state index in [0.29, 0.717) is 19.0 Å². The van der Waals surface area contributed by atoms with Crippen LogP contribution in [0.4, 0.5) is 11.4 Å². The van der Waals surface area contributed by atoms with E-state index < -0.39 is 4.92 Å². The van der Waals surface area contributed by atoms with Crippen molar-refractivity contribution in [3.8, 4) is 0 Å². The molecule has 2 N–H and O–H groups in total. The van der Waals surface area contributed by atoms with Gasteiger partial charge in [-0.05, 0) is 22.8 Å². The first-order valence-corrected chi connectivity index (χ1v) is 9.13. The normalized spacial score (nSPS) is 15.6. The summed E-state index contributed by atoms with van der Waals surface area (Å²) in [7, 11) is 0. The third-order valence-corrected chi connectivity index (χ3v) is 4.83. The average Bonchev–Trinajstić information content (AvgIpc) is 2.92. The second-order valence-electron chi connectivity index (χ2n) is 6.64. The van der Waals surface area contributed by atoms with Crippen LogP contribution in [0.25, 0.3) is 0 Å². The summed E-state index contributed by atoms with van der Waals surface area (Å²) < 4.78 is 0. The van der Waals surface area contributed by atoms with Crippen LogP contribution in [0.15, 0.2) is 83.9 Å². The highest BCUT2D eigenvalue weighted by Crippen LogP contribution is 2.32. The fraction of sp³-hybridized carbons (Fsp3) is 0.136. The number of aliphatic imine (C=N–C) groups is 1. The van der Waals surface area contributed by atoms with Gasteiger partial charge in [0, 0.05) is 30.3 Å². The third kappa shape index (κ3) is 3.86. The van der Waals surface area contributed by atoms with Crippen molar-refractivity contribution in [2.24, 2.45) is 4.99 Å². The number of non-ortho nitro benzene ring substituents is 1. The van der Waals surface area contributed by atoms with Crippen LogP contribution in [0.5, 0.6) is 0 Å². The molecule has 0 fully saturated rings. The molecule has 0 aromatic heterocycles. The molecule has 6 heteroatoms. The second-order valence-corrected chi connectivity index (χ2v) is 6.64. The molecule has 0 saturated heterocycles. The molecule has 1 heterocycles. The zero-order valence-electron chi connectivity index (χ0n) is 15.2. The molecule has 0 saturated carbocycles. The lowest BCUT2D eigenvalue weighted by Crippen LogP contribution is -2.30. The molecule has 0 radical (unpaired) electrons. The molecule has 4 rings (SSSR count). The Morgan fingerprint density at radius 2 is 1.71 bits per heavy atom. The third-order valence-electron chi connectivity index (χ3n) is 4.83. The lowest BCUT2D eigenvalue weighted by Gasteiger charge is -2.17. The van der Waals surface area contributed by atoms with Gasteiger partial charge in [0.2, 0.25) is 0 Å². The van der Waals surface area contributed by atoms with E-state index in [-0.39, 0.29) is 11.6 Å². The van der Waals surface area contributed by atoms with Crippen LogP contribution >= 0.6 is 0 Å². The van der Waals surface area contributed by atoms with Gasteiger partial charge in [-0.15, -0.1) is 0 Å². The van der Waals surface area contributed by atoms with Crippen molar-refractivity contribution in [1.82, 2.24) is 5.32 Å². The highest BCUT2D eigenvalue weighted by molar-refractivity contribution is 5.95. The smallest absolute Gasteiger partial charge is 0.269 e. The van der Waals surface area contributed by atoms with Crippen molar-refractivity contribution in [3.63, 3.8) is 0 Å². The Hall–Kier alpha value is -3.67. The van der Waals surface area contributed by atoms with E-state index in [1.54, 1.807) is 12.1 Å². The molecule has 6 nitrogen and oxygen atoms in total. The lowest BCUT2D eigenvalue weighted by atomic mass is 9.90. The van der Waals surface area contributed by atoms with E-state index in [9.17, 15) is 10.1 Å². The number of guanidine groups is 1. The maximum absolute atomic E-state index is 10.8. The number of benzene rings is 3. The summed E-state index contributed by atoms with van der Waals surface area (Å²) in [5.74, 6) is 0.882. The number of nitrogens with zero attached hydrogens (tertiary/aromatic N) is 2. The van der Waals surface area contributed by atoms with Crippen molar-refractivity contribution >= 4 is 17.3 Å². The number of nitro benzene ring substituents is 1. The van der Waals surface area contributed by atoms with Crippen molar-refractivity contribution < 1.29 is 4.92 Å². The molecule has 0 aliphatic carbocycles. The zero-order chi connectivity index (χ0) is 19.3. The minimum absolute atomic E-state index is 0.0910. The van der Waals surface area contributed by atoms with E-state index in [1.165, 1.54) is 23.3 Å². The summed E-state index contributed by atoms with van der Waals surface area (Å²) in [5, 5.41) is 17.5. The first-order chi connectivity index (χ1) is 13.7. The average molecular weight is 372 g/mol. The van der Waals surface area contributed by atoms with Gasteiger partial charge in [-0.1, -0.05) is 60.7 Å². The molecule has 1 aliphatic rings. The maximum Gasteiger partial charge on any atom is 0.269 e. The van der Waals surface area contributed by atoms with Gasteiger partial charge in [-0.2, -0.15) is 0 Å². The van der Waals surface area contributed by atoms with E-state index in [4.69, 9.17) is 4.99 Å². The van der Waals surface area contributed by atoms with Crippen molar-refractivity contribution in [3.05, 3.63) is 106 Å².